The molecule has 1 heterocycles. The normalized spacial score (nSPS) is 32.8. The molecule has 0 aromatic carbocycles. The molecule has 108 valence electrons. The van der Waals surface area contributed by atoms with Crippen LogP contribution in [0.3, 0.4) is 0 Å². The second kappa shape index (κ2) is 5.80. The second-order valence-electron chi connectivity index (χ2n) is 6.57. The maximum Gasteiger partial charge on any atom is 0.225 e. The fraction of sp³-hybridized carbons (Fsp3) is 0.933. The third-order valence-electron chi connectivity index (χ3n) is 5.14. The SMILES string of the molecule is NCC1CCCC1NC1CCN(C(=O)C2CC2)CC1. The van der Waals surface area contributed by atoms with E-state index in [1.165, 1.54) is 19.3 Å². The summed E-state index contributed by atoms with van der Waals surface area (Å²) in [5.74, 6) is 1.46. The molecule has 0 spiro atoms. The van der Waals surface area contributed by atoms with Crippen molar-refractivity contribution in [3.05, 3.63) is 0 Å². The molecule has 2 unspecified atom stereocenters. The van der Waals surface area contributed by atoms with Crippen LogP contribution in [-0.2, 0) is 4.79 Å². The minimum atomic E-state index is 0.376. The van der Waals surface area contributed by atoms with Gasteiger partial charge in [0.25, 0.3) is 0 Å². The zero-order chi connectivity index (χ0) is 13.2. The van der Waals surface area contributed by atoms with Gasteiger partial charge in [-0.15, -0.1) is 0 Å². The molecule has 3 aliphatic rings. The fourth-order valence-corrected chi connectivity index (χ4v) is 3.70. The summed E-state index contributed by atoms with van der Waals surface area (Å²) in [4.78, 5) is 14.1. The molecule has 4 nitrogen and oxygen atoms in total. The third-order valence-corrected chi connectivity index (χ3v) is 5.14. The number of nitrogens with two attached hydrogens (primary N) is 1. The minimum absolute atomic E-state index is 0.376. The third kappa shape index (κ3) is 3.11. The van der Waals surface area contributed by atoms with Crippen LogP contribution in [0, 0.1) is 11.8 Å². The Morgan fingerprint density at radius 3 is 2.47 bits per heavy atom. The smallest absolute Gasteiger partial charge is 0.225 e. The van der Waals surface area contributed by atoms with Crippen LogP contribution in [0.15, 0.2) is 0 Å². The molecule has 2 atom stereocenters. The molecule has 1 aliphatic heterocycles. The number of piperidine rings is 1. The van der Waals surface area contributed by atoms with E-state index in [0.29, 0.717) is 29.8 Å². The largest absolute Gasteiger partial charge is 0.342 e. The Hall–Kier alpha value is -0.610. The van der Waals surface area contributed by atoms with Crippen molar-refractivity contribution >= 4 is 5.91 Å². The van der Waals surface area contributed by atoms with Crippen molar-refractivity contribution in [3.8, 4) is 0 Å². The number of nitrogens with one attached hydrogen (secondary N) is 1. The first kappa shape index (κ1) is 13.4. The fourth-order valence-electron chi connectivity index (χ4n) is 3.70. The quantitative estimate of drug-likeness (QED) is 0.800. The van der Waals surface area contributed by atoms with Crippen LogP contribution in [0.4, 0.5) is 0 Å². The van der Waals surface area contributed by atoms with Crippen LogP contribution < -0.4 is 11.1 Å². The summed E-state index contributed by atoms with van der Waals surface area (Å²) >= 11 is 0. The molecular formula is C15H27N3O. The lowest BCUT2D eigenvalue weighted by Gasteiger charge is -2.35. The molecule has 0 radical (unpaired) electrons. The average molecular weight is 265 g/mol. The van der Waals surface area contributed by atoms with E-state index >= 15 is 0 Å². The van der Waals surface area contributed by atoms with Gasteiger partial charge in [0.15, 0.2) is 0 Å². The number of hydrogen-bond donors (Lipinski definition) is 2. The summed E-state index contributed by atoms with van der Waals surface area (Å²) in [5, 5.41) is 3.81. The molecule has 1 saturated heterocycles. The van der Waals surface area contributed by atoms with Gasteiger partial charge in [0, 0.05) is 31.1 Å². The topological polar surface area (TPSA) is 58.4 Å². The lowest BCUT2D eigenvalue weighted by Crippen LogP contribution is -2.49. The van der Waals surface area contributed by atoms with Gasteiger partial charge in [-0.05, 0) is 51.0 Å². The summed E-state index contributed by atoms with van der Waals surface area (Å²) < 4.78 is 0. The van der Waals surface area contributed by atoms with Crippen LogP contribution in [0.2, 0.25) is 0 Å². The maximum absolute atomic E-state index is 12.0. The maximum atomic E-state index is 12.0. The van der Waals surface area contributed by atoms with E-state index in [0.717, 1.165) is 45.3 Å². The summed E-state index contributed by atoms with van der Waals surface area (Å²) in [6.07, 6.45) is 8.36. The van der Waals surface area contributed by atoms with Gasteiger partial charge in [-0.3, -0.25) is 4.79 Å². The van der Waals surface area contributed by atoms with Crippen LogP contribution in [0.5, 0.6) is 0 Å². The molecule has 1 amide bonds. The van der Waals surface area contributed by atoms with Crippen LogP contribution in [-0.4, -0.2) is 42.5 Å². The summed E-state index contributed by atoms with van der Waals surface area (Å²) in [6, 6.07) is 1.22. The zero-order valence-electron chi connectivity index (χ0n) is 11.8. The van der Waals surface area contributed by atoms with Crippen molar-refractivity contribution in [2.24, 2.45) is 17.6 Å². The van der Waals surface area contributed by atoms with Gasteiger partial charge in [0.05, 0.1) is 0 Å². The van der Waals surface area contributed by atoms with Gasteiger partial charge in [0.1, 0.15) is 0 Å². The Morgan fingerprint density at radius 1 is 1.11 bits per heavy atom. The first-order chi connectivity index (χ1) is 9.28. The van der Waals surface area contributed by atoms with E-state index in [1.807, 2.05) is 0 Å². The van der Waals surface area contributed by atoms with E-state index in [2.05, 4.69) is 10.2 Å². The van der Waals surface area contributed by atoms with Crippen molar-refractivity contribution in [2.45, 2.75) is 57.0 Å². The van der Waals surface area contributed by atoms with E-state index < -0.39 is 0 Å². The van der Waals surface area contributed by atoms with Gasteiger partial charge in [-0.1, -0.05) is 6.42 Å². The van der Waals surface area contributed by atoms with Gasteiger partial charge in [-0.2, -0.15) is 0 Å². The number of amides is 1. The number of likely N-dealkylation sites (tertiary alicyclic amines) is 1. The molecular weight excluding hydrogens is 238 g/mol. The summed E-state index contributed by atoms with van der Waals surface area (Å²) in [5.41, 5.74) is 5.84. The predicted octanol–water partition coefficient (Wildman–Crippen LogP) is 1.10. The standard InChI is InChI=1S/C15H27N3O/c16-10-12-2-1-3-14(12)17-13-6-8-18(9-7-13)15(19)11-4-5-11/h11-14,17H,1-10,16H2. The Balaban J connectivity index is 1.43. The Labute approximate surface area is 116 Å². The van der Waals surface area contributed by atoms with Gasteiger partial charge in [0.2, 0.25) is 5.91 Å². The van der Waals surface area contributed by atoms with E-state index in [-0.39, 0.29) is 0 Å². The van der Waals surface area contributed by atoms with E-state index in [9.17, 15) is 4.79 Å². The molecule has 4 heteroatoms. The van der Waals surface area contributed by atoms with E-state index in [4.69, 9.17) is 5.73 Å². The van der Waals surface area contributed by atoms with Crippen molar-refractivity contribution in [3.63, 3.8) is 0 Å². The molecule has 3 rings (SSSR count). The van der Waals surface area contributed by atoms with Crippen molar-refractivity contribution in [1.29, 1.82) is 0 Å². The highest BCUT2D eigenvalue weighted by Crippen LogP contribution is 2.32. The number of carbonyl (C=O) groups excluding carboxylic acids is 1. The molecule has 0 aromatic heterocycles. The summed E-state index contributed by atoms with van der Waals surface area (Å²) in [6.45, 7) is 2.72. The van der Waals surface area contributed by atoms with Crippen molar-refractivity contribution in [1.82, 2.24) is 10.2 Å². The average Bonchev–Trinajstić information content (AvgIpc) is 3.20. The molecule has 3 fully saturated rings. The van der Waals surface area contributed by atoms with Crippen LogP contribution >= 0.6 is 0 Å². The van der Waals surface area contributed by atoms with Crippen molar-refractivity contribution < 1.29 is 4.79 Å². The number of carbonyl (C=O) groups is 1. The molecule has 3 N–H and O–H groups in total. The molecule has 2 aliphatic carbocycles. The zero-order valence-corrected chi connectivity index (χ0v) is 11.8. The Morgan fingerprint density at radius 2 is 1.84 bits per heavy atom. The highest BCUT2D eigenvalue weighted by atomic mass is 16.2. The monoisotopic (exact) mass is 265 g/mol. The number of hydrogen-bond acceptors (Lipinski definition) is 3. The number of rotatable bonds is 4. The Kier molecular flexibility index (Phi) is 4.08. The minimum Gasteiger partial charge on any atom is -0.342 e. The Bertz CT molecular complexity index is 321. The highest BCUT2D eigenvalue weighted by Gasteiger charge is 2.35. The number of nitrogens with zero attached hydrogens (tertiary/aromatic N) is 1. The predicted molar refractivity (Wildman–Crippen MR) is 75.6 cm³/mol. The van der Waals surface area contributed by atoms with Gasteiger partial charge < -0.3 is 16.0 Å². The van der Waals surface area contributed by atoms with E-state index in [1.54, 1.807) is 0 Å². The van der Waals surface area contributed by atoms with Crippen molar-refractivity contribution in [2.75, 3.05) is 19.6 Å². The molecule has 2 saturated carbocycles. The highest BCUT2D eigenvalue weighted by molar-refractivity contribution is 5.81. The first-order valence-electron chi connectivity index (χ1n) is 8.03. The molecule has 0 bridgehead atoms. The van der Waals surface area contributed by atoms with Crippen LogP contribution in [0.25, 0.3) is 0 Å². The lowest BCUT2D eigenvalue weighted by atomic mass is 9.99. The van der Waals surface area contributed by atoms with Gasteiger partial charge in [-0.25, -0.2) is 0 Å². The first-order valence-corrected chi connectivity index (χ1v) is 8.03. The molecule has 0 aromatic rings. The molecule has 19 heavy (non-hydrogen) atoms. The summed E-state index contributed by atoms with van der Waals surface area (Å²) in [7, 11) is 0. The lowest BCUT2D eigenvalue weighted by molar-refractivity contribution is -0.133. The van der Waals surface area contributed by atoms with Gasteiger partial charge >= 0.3 is 0 Å². The van der Waals surface area contributed by atoms with Crippen LogP contribution in [0.1, 0.15) is 44.9 Å². The second-order valence-corrected chi connectivity index (χ2v) is 6.57.